The average molecular weight is 338 g/mol. The van der Waals surface area contributed by atoms with Crippen LogP contribution >= 0.6 is 0 Å². The molecule has 1 unspecified atom stereocenters. The summed E-state index contributed by atoms with van der Waals surface area (Å²) in [6.45, 7) is 4.79. The van der Waals surface area contributed by atoms with E-state index < -0.39 is 0 Å². The van der Waals surface area contributed by atoms with Gasteiger partial charge in [-0.05, 0) is 43.5 Å². The third-order valence-electron chi connectivity index (χ3n) is 4.56. The Kier molecular flexibility index (Phi) is 5.43. The van der Waals surface area contributed by atoms with Gasteiger partial charge in [0.25, 0.3) is 0 Å². The second-order valence-corrected chi connectivity index (χ2v) is 6.49. The number of aryl methyl sites for hydroxylation is 1. The molecule has 0 saturated carbocycles. The molecule has 1 atom stereocenters. The molecule has 1 saturated heterocycles. The Morgan fingerprint density at radius 1 is 1.24 bits per heavy atom. The van der Waals surface area contributed by atoms with Crippen molar-refractivity contribution >= 4 is 17.3 Å². The molecule has 5 nitrogen and oxygen atoms in total. The molecule has 25 heavy (non-hydrogen) atoms. The molecular weight excluding hydrogens is 312 g/mol. The van der Waals surface area contributed by atoms with Gasteiger partial charge in [0.15, 0.2) is 5.96 Å². The van der Waals surface area contributed by atoms with Gasteiger partial charge in [0.05, 0.1) is 12.8 Å². The minimum Gasteiger partial charge on any atom is -0.495 e. The lowest BCUT2D eigenvalue weighted by Gasteiger charge is -2.21. The molecular formula is C20H26N4O. The summed E-state index contributed by atoms with van der Waals surface area (Å²) in [6, 6.07) is 16.3. The zero-order valence-corrected chi connectivity index (χ0v) is 14.9. The predicted molar refractivity (Wildman–Crippen MR) is 105 cm³/mol. The molecule has 1 aliphatic rings. The largest absolute Gasteiger partial charge is 0.495 e. The maximum Gasteiger partial charge on any atom is 0.193 e. The molecule has 1 aliphatic heterocycles. The van der Waals surface area contributed by atoms with Crippen LogP contribution in [0.5, 0.6) is 5.75 Å². The molecule has 0 aliphatic carbocycles. The van der Waals surface area contributed by atoms with Crippen LogP contribution in [0, 0.1) is 12.8 Å². The van der Waals surface area contributed by atoms with Crippen LogP contribution < -0.4 is 20.7 Å². The quantitative estimate of drug-likeness (QED) is 0.649. The van der Waals surface area contributed by atoms with Crippen molar-refractivity contribution in [1.82, 2.24) is 0 Å². The van der Waals surface area contributed by atoms with Crippen molar-refractivity contribution in [2.75, 3.05) is 37.0 Å². The Bertz CT molecular complexity index is 727. The van der Waals surface area contributed by atoms with E-state index in [4.69, 9.17) is 10.5 Å². The highest BCUT2D eigenvalue weighted by molar-refractivity contribution is 5.92. The summed E-state index contributed by atoms with van der Waals surface area (Å²) in [7, 11) is 1.72. The summed E-state index contributed by atoms with van der Waals surface area (Å²) in [5.74, 6) is 1.90. The van der Waals surface area contributed by atoms with Gasteiger partial charge in [0.2, 0.25) is 0 Å². The maximum atomic E-state index is 6.02. The number of nitrogens with two attached hydrogens (primary N) is 1. The molecule has 1 fully saturated rings. The van der Waals surface area contributed by atoms with E-state index in [1.165, 1.54) is 5.56 Å². The summed E-state index contributed by atoms with van der Waals surface area (Å²) >= 11 is 0. The van der Waals surface area contributed by atoms with Crippen LogP contribution in [-0.2, 0) is 0 Å². The zero-order chi connectivity index (χ0) is 17.6. The minimum atomic E-state index is 0.472. The third kappa shape index (κ3) is 4.44. The highest BCUT2D eigenvalue weighted by atomic mass is 16.5. The monoisotopic (exact) mass is 338 g/mol. The highest BCUT2D eigenvalue weighted by Crippen LogP contribution is 2.31. The number of hydrogen-bond acceptors (Lipinski definition) is 3. The van der Waals surface area contributed by atoms with Crippen LogP contribution in [0.3, 0.4) is 0 Å². The van der Waals surface area contributed by atoms with Gasteiger partial charge in [0.1, 0.15) is 5.75 Å². The number of para-hydroxylation sites is 2. The summed E-state index contributed by atoms with van der Waals surface area (Å²) in [5.41, 5.74) is 9.37. The molecule has 0 aromatic heterocycles. The van der Waals surface area contributed by atoms with Gasteiger partial charge in [-0.1, -0.05) is 29.8 Å². The fourth-order valence-corrected chi connectivity index (χ4v) is 3.14. The number of aliphatic imine (C=N–C) groups is 1. The van der Waals surface area contributed by atoms with E-state index in [1.54, 1.807) is 7.11 Å². The first-order chi connectivity index (χ1) is 12.2. The first kappa shape index (κ1) is 17.1. The highest BCUT2D eigenvalue weighted by Gasteiger charge is 2.24. The number of rotatable bonds is 5. The first-order valence-electron chi connectivity index (χ1n) is 8.67. The van der Waals surface area contributed by atoms with Gasteiger partial charge in [-0.25, -0.2) is 0 Å². The molecule has 0 spiro atoms. The van der Waals surface area contributed by atoms with Gasteiger partial charge in [-0.3, -0.25) is 4.99 Å². The standard InChI is InChI=1S/C20H26N4O/c1-15-7-9-17(10-8-15)23-20(21)22-13-16-11-12-24(14-16)18-5-3-4-6-19(18)25-2/h3-10,16H,11-14H2,1-2H3,(H3,21,22,23). The lowest BCUT2D eigenvalue weighted by molar-refractivity contribution is 0.414. The molecule has 0 bridgehead atoms. The Balaban J connectivity index is 1.55. The molecule has 5 heteroatoms. The van der Waals surface area contributed by atoms with Crippen molar-refractivity contribution in [3.8, 4) is 5.75 Å². The second-order valence-electron chi connectivity index (χ2n) is 6.49. The van der Waals surface area contributed by atoms with Crippen molar-refractivity contribution in [1.29, 1.82) is 0 Å². The normalized spacial score (nSPS) is 17.6. The van der Waals surface area contributed by atoms with Crippen LogP contribution in [-0.4, -0.2) is 32.7 Å². The number of ether oxygens (including phenoxy) is 1. The van der Waals surface area contributed by atoms with Gasteiger partial charge in [-0.2, -0.15) is 0 Å². The molecule has 132 valence electrons. The Morgan fingerprint density at radius 2 is 2.00 bits per heavy atom. The van der Waals surface area contributed by atoms with E-state index in [9.17, 15) is 0 Å². The molecule has 3 rings (SSSR count). The third-order valence-corrected chi connectivity index (χ3v) is 4.56. The topological polar surface area (TPSA) is 62.9 Å². The van der Waals surface area contributed by atoms with E-state index in [0.29, 0.717) is 11.9 Å². The van der Waals surface area contributed by atoms with Crippen LogP contribution in [0.25, 0.3) is 0 Å². The van der Waals surface area contributed by atoms with Crippen molar-refractivity contribution in [3.63, 3.8) is 0 Å². The predicted octanol–water partition coefficient (Wildman–Crippen LogP) is 3.26. The van der Waals surface area contributed by atoms with Gasteiger partial charge in [-0.15, -0.1) is 0 Å². The van der Waals surface area contributed by atoms with Crippen LogP contribution in [0.2, 0.25) is 0 Å². The van der Waals surface area contributed by atoms with Crippen LogP contribution in [0.1, 0.15) is 12.0 Å². The number of benzene rings is 2. The number of nitrogens with zero attached hydrogens (tertiary/aromatic N) is 2. The number of nitrogens with one attached hydrogen (secondary N) is 1. The van der Waals surface area contributed by atoms with Crippen molar-refractivity contribution in [2.45, 2.75) is 13.3 Å². The fraction of sp³-hybridized carbons (Fsp3) is 0.350. The summed E-state index contributed by atoms with van der Waals surface area (Å²) in [5, 5.41) is 3.15. The molecule has 2 aromatic rings. The number of anilines is 2. The Labute approximate surface area is 149 Å². The first-order valence-corrected chi connectivity index (χ1v) is 8.67. The van der Waals surface area contributed by atoms with Crippen molar-refractivity contribution in [2.24, 2.45) is 16.6 Å². The van der Waals surface area contributed by atoms with E-state index >= 15 is 0 Å². The molecule has 3 N–H and O–H groups in total. The summed E-state index contributed by atoms with van der Waals surface area (Å²) in [4.78, 5) is 6.88. The van der Waals surface area contributed by atoms with E-state index in [-0.39, 0.29) is 0 Å². The van der Waals surface area contributed by atoms with Gasteiger partial charge in [0, 0.05) is 25.3 Å². The van der Waals surface area contributed by atoms with E-state index in [2.05, 4.69) is 40.3 Å². The van der Waals surface area contributed by atoms with Gasteiger partial charge < -0.3 is 20.7 Å². The number of hydrogen-bond donors (Lipinski definition) is 2. The average Bonchev–Trinajstić information content (AvgIpc) is 3.11. The molecule has 1 heterocycles. The molecule has 0 radical (unpaired) electrons. The van der Waals surface area contributed by atoms with Crippen LogP contribution in [0.4, 0.5) is 11.4 Å². The lowest BCUT2D eigenvalue weighted by atomic mass is 10.1. The summed E-state index contributed by atoms with van der Waals surface area (Å²) in [6.07, 6.45) is 1.11. The smallest absolute Gasteiger partial charge is 0.193 e. The Morgan fingerprint density at radius 3 is 2.76 bits per heavy atom. The maximum absolute atomic E-state index is 6.02. The molecule has 2 aromatic carbocycles. The van der Waals surface area contributed by atoms with E-state index in [1.807, 2.05) is 30.3 Å². The van der Waals surface area contributed by atoms with Crippen molar-refractivity contribution < 1.29 is 4.74 Å². The van der Waals surface area contributed by atoms with E-state index in [0.717, 1.165) is 43.2 Å². The second kappa shape index (κ2) is 7.92. The minimum absolute atomic E-state index is 0.472. The van der Waals surface area contributed by atoms with Crippen LogP contribution in [0.15, 0.2) is 53.5 Å². The SMILES string of the molecule is COc1ccccc1N1CCC(CN=C(N)Nc2ccc(C)cc2)C1. The lowest BCUT2D eigenvalue weighted by Crippen LogP contribution is -2.25. The number of methoxy groups -OCH3 is 1. The van der Waals surface area contributed by atoms with Crippen molar-refractivity contribution in [3.05, 3.63) is 54.1 Å². The zero-order valence-electron chi connectivity index (χ0n) is 14.9. The Hall–Kier alpha value is -2.69. The van der Waals surface area contributed by atoms with Gasteiger partial charge >= 0.3 is 0 Å². The fourth-order valence-electron chi connectivity index (χ4n) is 3.14. The molecule has 0 amide bonds. The number of guanidine groups is 1. The summed E-state index contributed by atoms with van der Waals surface area (Å²) < 4.78 is 5.47.